The molecule has 1 aromatic heterocycles. The Kier molecular flexibility index (Phi) is 5.34. The van der Waals surface area contributed by atoms with Gasteiger partial charge in [-0.15, -0.1) is 0 Å². The van der Waals surface area contributed by atoms with Gasteiger partial charge in [-0.25, -0.2) is 4.98 Å². The maximum atomic E-state index is 13.4. The molecule has 8 heteroatoms. The number of aliphatic hydroxyl groups is 1. The van der Waals surface area contributed by atoms with Crippen molar-refractivity contribution in [3.05, 3.63) is 48.2 Å². The smallest absolute Gasteiger partial charge is 0.259 e. The summed E-state index contributed by atoms with van der Waals surface area (Å²) in [6.07, 6.45) is 2.19. The van der Waals surface area contributed by atoms with Crippen molar-refractivity contribution in [3.63, 3.8) is 0 Å². The lowest BCUT2D eigenvalue weighted by Crippen LogP contribution is -2.54. The molecule has 2 aromatic rings. The lowest BCUT2D eigenvalue weighted by Gasteiger charge is -2.36. The van der Waals surface area contributed by atoms with Gasteiger partial charge in [0.25, 0.3) is 5.91 Å². The molecule has 1 saturated heterocycles. The minimum absolute atomic E-state index is 0.0758. The predicted molar refractivity (Wildman–Crippen MR) is 106 cm³/mol. The average Bonchev–Trinajstić information content (AvgIpc) is 2.83. The van der Waals surface area contributed by atoms with Gasteiger partial charge < -0.3 is 15.7 Å². The molecule has 3 N–H and O–H groups in total. The van der Waals surface area contributed by atoms with Crippen LogP contribution in [0.2, 0.25) is 0 Å². The summed E-state index contributed by atoms with van der Waals surface area (Å²) in [5.41, 5.74) is 1.54. The van der Waals surface area contributed by atoms with Crippen LogP contribution in [0.5, 0.6) is 0 Å². The van der Waals surface area contributed by atoms with Crippen LogP contribution in [-0.2, 0) is 4.79 Å². The van der Waals surface area contributed by atoms with Crippen molar-refractivity contribution in [2.75, 3.05) is 43.0 Å². The number of nitrogens with one attached hydrogen (secondary N) is 2. The summed E-state index contributed by atoms with van der Waals surface area (Å²) < 4.78 is 0. The average molecular weight is 381 g/mol. The monoisotopic (exact) mass is 381 g/mol. The Hall–Kier alpha value is -2.81. The SMILES string of the molecule is O=C1Nc2ccccc2N(C(=O)CN2CCNCC2CCO)c2ncccc21. The Morgan fingerprint density at radius 2 is 2.11 bits per heavy atom. The van der Waals surface area contributed by atoms with Crippen molar-refractivity contribution in [1.29, 1.82) is 0 Å². The second-order valence-corrected chi connectivity index (χ2v) is 6.92. The summed E-state index contributed by atoms with van der Waals surface area (Å²) in [6.45, 7) is 2.51. The van der Waals surface area contributed by atoms with Gasteiger partial charge in [-0.1, -0.05) is 12.1 Å². The predicted octanol–water partition coefficient (Wildman–Crippen LogP) is 0.968. The Bertz CT molecular complexity index is 886. The molecule has 0 aliphatic carbocycles. The Morgan fingerprint density at radius 3 is 2.96 bits per heavy atom. The number of para-hydroxylation sites is 2. The number of nitrogens with zero attached hydrogens (tertiary/aromatic N) is 3. The molecule has 8 nitrogen and oxygen atoms in total. The zero-order valence-electron chi connectivity index (χ0n) is 15.5. The van der Waals surface area contributed by atoms with Gasteiger partial charge in [0.15, 0.2) is 5.82 Å². The van der Waals surface area contributed by atoms with E-state index in [9.17, 15) is 14.7 Å². The minimum Gasteiger partial charge on any atom is -0.396 e. The fraction of sp³-hybridized carbons (Fsp3) is 0.350. The second kappa shape index (κ2) is 8.05. The number of piperazine rings is 1. The van der Waals surface area contributed by atoms with Crippen LogP contribution in [0.4, 0.5) is 17.2 Å². The van der Waals surface area contributed by atoms with E-state index in [-0.39, 0.29) is 31.0 Å². The van der Waals surface area contributed by atoms with Gasteiger partial charge >= 0.3 is 0 Å². The van der Waals surface area contributed by atoms with E-state index in [0.717, 1.165) is 19.6 Å². The minimum atomic E-state index is -0.286. The first-order chi connectivity index (χ1) is 13.7. The van der Waals surface area contributed by atoms with Crippen LogP contribution in [-0.4, -0.2) is 65.6 Å². The van der Waals surface area contributed by atoms with Gasteiger partial charge in [0.2, 0.25) is 5.91 Å². The van der Waals surface area contributed by atoms with Crippen LogP contribution >= 0.6 is 0 Å². The lowest BCUT2D eigenvalue weighted by molar-refractivity contribution is -0.119. The third-order valence-corrected chi connectivity index (χ3v) is 5.16. The molecule has 3 heterocycles. The number of benzene rings is 1. The van der Waals surface area contributed by atoms with Gasteiger partial charge in [-0.2, -0.15) is 0 Å². The standard InChI is InChI=1S/C20H23N5O3/c26-11-7-14-12-21-9-10-24(14)13-18(27)25-17-6-2-1-5-16(17)23-20(28)15-4-3-8-22-19(15)25/h1-6,8,14,21,26H,7,9-13H2,(H,23,28). The zero-order valence-corrected chi connectivity index (χ0v) is 15.5. The molecule has 0 bridgehead atoms. The molecule has 4 rings (SSSR count). The van der Waals surface area contributed by atoms with E-state index in [0.29, 0.717) is 29.2 Å². The van der Waals surface area contributed by atoms with Gasteiger partial charge in [0, 0.05) is 38.5 Å². The number of fused-ring (bicyclic) bond motifs is 2. The van der Waals surface area contributed by atoms with E-state index >= 15 is 0 Å². The Balaban J connectivity index is 1.70. The van der Waals surface area contributed by atoms with Crippen LogP contribution in [0.25, 0.3) is 0 Å². The molecule has 2 aliphatic heterocycles. The van der Waals surface area contributed by atoms with Crippen molar-refractivity contribution < 1.29 is 14.7 Å². The number of aliphatic hydroxyl groups excluding tert-OH is 1. The van der Waals surface area contributed by atoms with Crippen LogP contribution in [0.3, 0.4) is 0 Å². The number of aromatic nitrogens is 1. The fourth-order valence-corrected chi connectivity index (χ4v) is 3.77. The molecule has 0 spiro atoms. The molecule has 2 aliphatic rings. The first-order valence-electron chi connectivity index (χ1n) is 9.43. The first-order valence-corrected chi connectivity index (χ1v) is 9.43. The van der Waals surface area contributed by atoms with E-state index in [2.05, 4.69) is 20.5 Å². The Labute approximate surface area is 163 Å². The van der Waals surface area contributed by atoms with Gasteiger partial charge in [-0.3, -0.25) is 19.4 Å². The quantitative estimate of drug-likeness (QED) is 0.730. The highest BCUT2D eigenvalue weighted by Crippen LogP contribution is 2.36. The highest BCUT2D eigenvalue weighted by Gasteiger charge is 2.32. The summed E-state index contributed by atoms with van der Waals surface area (Å²) in [5.74, 6) is -0.108. The molecule has 0 saturated carbocycles. The molecule has 2 amide bonds. The number of amides is 2. The van der Waals surface area contributed by atoms with Crippen molar-refractivity contribution >= 4 is 29.0 Å². The van der Waals surface area contributed by atoms with Crippen LogP contribution in [0.15, 0.2) is 42.6 Å². The maximum absolute atomic E-state index is 13.4. The highest BCUT2D eigenvalue weighted by molar-refractivity contribution is 6.17. The number of pyridine rings is 1. The number of carbonyl (C=O) groups excluding carboxylic acids is 2. The number of carbonyl (C=O) groups is 2. The number of hydrogen-bond acceptors (Lipinski definition) is 6. The molecular weight excluding hydrogens is 358 g/mol. The topological polar surface area (TPSA) is 97.8 Å². The Morgan fingerprint density at radius 1 is 1.25 bits per heavy atom. The molecule has 28 heavy (non-hydrogen) atoms. The van der Waals surface area contributed by atoms with E-state index in [1.807, 2.05) is 12.1 Å². The molecule has 1 aromatic carbocycles. The number of hydrogen-bond donors (Lipinski definition) is 3. The summed E-state index contributed by atoms with van der Waals surface area (Å²) >= 11 is 0. The van der Waals surface area contributed by atoms with Crippen molar-refractivity contribution in [2.24, 2.45) is 0 Å². The maximum Gasteiger partial charge on any atom is 0.259 e. The number of anilines is 3. The van der Waals surface area contributed by atoms with E-state index in [1.165, 1.54) is 4.90 Å². The molecule has 1 fully saturated rings. The molecule has 1 unspecified atom stereocenters. The molecule has 0 radical (unpaired) electrons. The van der Waals surface area contributed by atoms with Crippen LogP contribution in [0.1, 0.15) is 16.8 Å². The molecule has 146 valence electrons. The number of rotatable bonds is 4. The van der Waals surface area contributed by atoms with Crippen molar-refractivity contribution in [2.45, 2.75) is 12.5 Å². The van der Waals surface area contributed by atoms with Crippen molar-refractivity contribution in [1.82, 2.24) is 15.2 Å². The van der Waals surface area contributed by atoms with E-state index in [1.54, 1.807) is 30.5 Å². The first kappa shape index (κ1) is 18.5. The fourth-order valence-electron chi connectivity index (χ4n) is 3.77. The van der Waals surface area contributed by atoms with Gasteiger partial charge in [0.05, 0.1) is 23.5 Å². The third-order valence-electron chi connectivity index (χ3n) is 5.16. The summed E-state index contributed by atoms with van der Waals surface area (Å²) in [4.78, 5) is 34.0. The van der Waals surface area contributed by atoms with Crippen LogP contribution in [0, 0.1) is 0 Å². The zero-order chi connectivity index (χ0) is 19.5. The molecular formula is C20H23N5O3. The third kappa shape index (κ3) is 3.49. The normalized spacial score (nSPS) is 19.4. The summed E-state index contributed by atoms with van der Waals surface area (Å²) in [6, 6.07) is 10.7. The van der Waals surface area contributed by atoms with Crippen molar-refractivity contribution in [3.8, 4) is 0 Å². The lowest BCUT2D eigenvalue weighted by atomic mass is 10.1. The molecule has 1 atom stereocenters. The van der Waals surface area contributed by atoms with E-state index in [4.69, 9.17) is 0 Å². The summed E-state index contributed by atoms with van der Waals surface area (Å²) in [7, 11) is 0. The largest absolute Gasteiger partial charge is 0.396 e. The van der Waals surface area contributed by atoms with E-state index < -0.39 is 0 Å². The van der Waals surface area contributed by atoms with Gasteiger partial charge in [-0.05, 0) is 30.7 Å². The highest BCUT2D eigenvalue weighted by atomic mass is 16.3. The van der Waals surface area contributed by atoms with Gasteiger partial charge in [0.1, 0.15) is 0 Å². The summed E-state index contributed by atoms with van der Waals surface area (Å²) in [5, 5.41) is 15.5. The van der Waals surface area contributed by atoms with Crippen LogP contribution < -0.4 is 15.5 Å². The second-order valence-electron chi connectivity index (χ2n) is 6.92.